The zero-order valence-corrected chi connectivity index (χ0v) is 12.9. The van der Waals surface area contributed by atoms with Crippen LogP contribution in [0.2, 0.25) is 0 Å². The Morgan fingerprint density at radius 3 is 2.72 bits per heavy atom. The summed E-state index contributed by atoms with van der Waals surface area (Å²) in [5.41, 5.74) is 2.23. The zero-order valence-electron chi connectivity index (χ0n) is 9.70. The van der Waals surface area contributed by atoms with Crippen molar-refractivity contribution < 1.29 is 4.74 Å². The average Bonchev–Trinajstić information content (AvgIpc) is 2.44. The van der Waals surface area contributed by atoms with Crippen molar-refractivity contribution in [3.05, 3.63) is 33.3 Å². The van der Waals surface area contributed by atoms with Crippen LogP contribution in [0.1, 0.15) is 0 Å². The third kappa shape index (κ3) is 2.27. The molecule has 0 aliphatic carbocycles. The van der Waals surface area contributed by atoms with Crippen molar-refractivity contribution in [3.8, 4) is 0 Å². The van der Waals surface area contributed by atoms with Crippen molar-refractivity contribution in [1.82, 2.24) is 4.98 Å². The Hall–Kier alpha value is -0.650. The highest BCUT2D eigenvalue weighted by atomic mass is 79.9. The summed E-state index contributed by atoms with van der Waals surface area (Å²) in [6.45, 7) is 3.50. The SMILES string of the molecule is Brc1cnc2ccc(N3CCOCC3)cc2c1Br. The Bertz CT molecular complexity index is 582. The first kappa shape index (κ1) is 12.4. The van der Waals surface area contributed by atoms with Gasteiger partial charge in [-0.1, -0.05) is 0 Å². The number of aromatic nitrogens is 1. The van der Waals surface area contributed by atoms with Crippen LogP contribution < -0.4 is 4.90 Å². The van der Waals surface area contributed by atoms with Crippen molar-refractivity contribution in [2.75, 3.05) is 31.2 Å². The molecule has 5 heteroatoms. The van der Waals surface area contributed by atoms with Gasteiger partial charge in [-0.15, -0.1) is 0 Å². The second kappa shape index (κ2) is 5.15. The first-order chi connectivity index (χ1) is 8.75. The van der Waals surface area contributed by atoms with Gasteiger partial charge in [-0.3, -0.25) is 4.98 Å². The van der Waals surface area contributed by atoms with E-state index in [1.807, 2.05) is 6.20 Å². The lowest BCUT2D eigenvalue weighted by Gasteiger charge is -2.29. The fraction of sp³-hybridized carbons (Fsp3) is 0.308. The van der Waals surface area contributed by atoms with Crippen molar-refractivity contribution in [1.29, 1.82) is 0 Å². The Balaban J connectivity index is 2.06. The molecule has 0 saturated carbocycles. The molecule has 1 aromatic heterocycles. The normalized spacial score (nSPS) is 16.2. The lowest BCUT2D eigenvalue weighted by Crippen LogP contribution is -2.36. The second-order valence-electron chi connectivity index (χ2n) is 4.22. The largest absolute Gasteiger partial charge is 0.378 e. The van der Waals surface area contributed by atoms with Crippen LogP contribution in [0.15, 0.2) is 33.3 Å². The summed E-state index contributed by atoms with van der Waals surface area (Å²) in [6, 6.07) is 6.38. The molecule has 94 valence electrons. The summed E-state index contributed by atoms with van der Waals surface area (Å²) in [5, 5.41) is 1.13. The van der Waals surface area contributed by atoms with E-state index in [0.29, 0.717) is 0 Å². The number of hydrogen-bond acceptors (Lipinski definition) is 3. The van der Waals surface area contributed by atoms with Gasteiger partial charge in [0.2, 0.25) is 0 Å². The molecule has 1 aliphatic heterocycles. The number of hydrogen-bond donors (Lipinski definition) is 0. The van der Waals surface area contributed by atoms with Gasteiger partial charge in [0.25, 0.3) is 0 Å². The number of fused-ring (bicyclic) bond motifs is 1. The summed E-state index contributed by atoms with van der Waals surface area (Å²) < 4.78 is 7.42. The first-order valence-electron chi connectivity index (χ1n) is 5.82. The van der Waals surface area contributed by atoms with Gasteiger partial charge in [-0.05, 0) is 50.1 Å². The minimum atomic E-state index is 0.802. The van der Waals surface area contributed by atoms with E-state index in [-0.39, 0.29) is 0 Å². The molecular formula is C13H12Br2N2O. The van der Waals surface area contributed by atoms with Gasteiger partial charge in [-0.2, -0.15) is 0 Å². The monoisotopic (exact) mass is 370 g/mol. The average molecular weight is 372 g/mol. The summed E-state index contributed by atoms with van der Waals surface area (Å²) in [7, 11) is 0. The number of halogens is 2. The third-order valence-electron chi connectivity index (χ3n) is 3.12. The van der Waals surface area contributed by atoms with Gasteiger partial charge in [-0.25, -0.2) is 0 Å². The Kier molecular flexibility index (Phi) is 3.54. The number of anilines is 1. The van der Waals surface area contributed by atoms with Crippen LogP contribution in [0.3, 0.4) is 0 Å². The van der Waals surface area contributed by atoms with E-state index in [1.165, 1.54) is 5.69 Å². The van der Waals surface area contributed by atoms with Crippen LogP contribution in [0.4, 0.5) is 5.69 Å². The Labute approximate surface area is 122 Å². The highest BCUT2D eigenvalue weighted by Gasteiger charge is 2.13. The van der Waals surface area contributed by atoms with E-state index >= 15 is 0 Å². The topological polar surface area (TPSA) is 25.4 Å². The van der Waals surface area contributed by atoms with Crippen molar-refractivity contribution >= 4 is 48.5 Å². The molecule has 1 fully saturated rings. The van der Waals surface area contributed by atoms with Crippen LogP contribution in [-0.4, -0.2) is 31.3 Å². The number of pyridine rings is 1. The Morgan fingerprint density at radius 1 is 1.17 bits per heavy atom. The predicted octanol–water partition coefficient (Wildman–Crippen LogP) is 3.60. The van der Waals surface area contributed by atoms with Gasteiger partial charge in [0.05, 0.1) is 23.2 Å². The Morgan fingerprint density at radius 2 is 1.94 bits per heavy atom. The van der Waals surface area contributed by atoms with Gasteiger partial charge < -0.3 is 9.64 Å². The minimum absolute atomic E-state index is 0.802. The molecule has 0 unspecified atom stereocenters. The maximum Gasteiger partial charge on any atom is 0.0715 e. The maximum absolute atomic E-state index is 5.38. The van der Waals surface area contributed by atoms with Crippen LogP contribution >= 0.6 is 31.9 Å². The molecule has 18 heavy (non-hydrogen) atoms. The van der Waals surface area contributed by atoms with Crippen LogP contribution in [-0.2, 0) is 4.74 Å². The van der Waals surface area contributed by atoms with Gasteiger partial charge in [0, 0.05) is 34.8 Å². The van der Waals surface area contributed by atoms with Crippen LogP contribution in [0.5, 0.6) is 0 Å². The smallest absolute Gasteiger partial charge is 0.0715 e. The standard InChI is InChI=1S/C13H12Br2N2O/c14-11-8-16-12-2-1-9(7-10(12)13(11)15)17-3-5-18-6-4-17/h1-2,7-8H,3-6H2. The lowest BCUT2D eigenvalue weighted by atomic mass is 10.2. The quantitative estimate of drug-likeness (QED) is 0.765. The number of benzene rings is 1. The fourth-order valence-corrected chi connectivity index (χ4v) is 2.88. The summed E-state index contributed by atoms with van der Waals surface area (Å²) in [5.74, 6) is 0. The van der Waals surface area contributed by atoms with E-state index in [4.69, 9.17) is 4.74 Å². The number of nitrogens with zero attached hydrogens (tertiary/aromatic N) is 2. The zero-order chi connectivity index (χ0) is 12.5. The molecule has 3 nitrogen and oxygen atoms in total. The molecular weight excluding hydrogens is 360 g/mol. The highest BCUT2D eigenvalue weighted by molar-refractivity contribution is 9.13. The molecule has 2 heterocycles. The van der Waals surface area contributed by atoms with E-state index in [1.54, 1.807) is 0 Å². The molecule has 1 aliphatic rings. The predicted molar refractivity (Wildman–Crippen MR) is 80.2 cm³/mol. The van der Waals surface area contributed by atoms with Crippen molar-refractivity contribution in [3.63, 3.8) is 0 Å². The van der Waals surface area contributed by atoms with Crippen molar-refractivity contribution in [2.45, 2.75) is 0 Å². The van der Waals surface area contributed by atoms with E-state index in [9.17, 15) is 0 Å². The van der Waals surface area contributed by atoms with E-state index in [2.05, 4.69) is 59.9 Å². The molecule has 2 aromatic rings. The highest BCUT2D eigenvalue weighted by Crippen LogP contribution is 2.32. The minimum Gasteiger partial charge on any atom is -0.378 e. The van der Waals surface area contributed by atoms with Crippen LogP contribution in [0.25, 0.3) is 10.9 Å². The number of ether oxygens (including phenoxy) is 1. The maximum atomic E-state index is 5.38. The molecule has 0 amide bonds. The molecule has 0 spiro atoms. The fourth-order valence-electron chi connectivity index (χ4n) is 2.14. The molecule has 0 N–H and O–H groups in total. The molecule has 0 atom stereocenters. The van der Waals surface area contributed by atoms with Gasteiger partial charge in [0.15, 0.2) is 0 Å². The van der Waals surface area contributed by atoms with Crippen LogP contribution in [0, 0.1) is 0 Å². The van der Waals surface area contributed by atoms with Gasteiger partial charge >= 0.3 is 0 Å². The molecule has 0 radical (unpaired) electrons. The summed E-state index contributed by atoms with van der Waals surface area (Å²) >= 11 is 7.10. The first-order valence-corrected chi connectivity index (χ1v) is 7.41. The van der Waals surface area contributed by atoms with E-state index in [0.717, 1.165) is 46.2 Å². The molecule has 0 bridgehead atoms. The van der Waals surface area contributed by atoms with E-state index < -0.39 is 0 Å². The third-order valence-corrected chi connectivity index (χ3v) is 5.11. The molecule has 1 aromatic carbocycles. The summed E-state index contributed by atoms with van der Waals surface area (Å²) in [4.78, 5) is 6.75. The number of rotatable bonds is 1. The summed E-state index contributed by atoms with van der Waals surface area (Å²) in [6.07, 6.45) is 1.82. The lowest BCUT2D eigenvalue weighted by molar-refractivity contribution is 0.122. The molecule has 3 rings (SSSR count). The molecule has 1 saturated heterocycles. The van der Waals surface area contributed by atoms with Crippen molar-refractivity contribution in [2.24, 2.45) is 0 Å². The van der Waals surface area contributed by atoms with Gasteiger partial charge in [0.1, 0.15) is 0 Å². The second-order valence-corrected chi connectivity index (χ2v) is 5.87. The number of morpholine rings is 1.